The summed E-state index contributed by atoms with van der Waals surface area (Å²) in [6.07, 6.45) is 2.81. The largest absolute Gasteiger partial charge is 0.497 e. The Labute approximate surface area is 144 Å². The predicted molar refractivity (Wildman–Crippen MR) is 92.4 cm³/mol. The summed E-state index contributed by atoms with van der Waals surface area (Å²) in [6, 6.07) is 7.57. The molecule has 6 nitrogen and oxygen atoms in total. The van der Waals surface area contributed by atoms with Gasteiger partial charge < -0.3 is 15.0 Å². The third kappa shape index (κ3) is 3.97. The maximum absolute atomic E-state index is 12.1. The summed E-state index contributed by atoms with van der Waals surface area (Å²) in [7, 11) is 1.61. The first-order valence-electron chi connectivity index (χ1n) is 7.80. The van der Waals surface area contributed by atoms with Crippen LogP contribution in [0.15, 0.2) is 34.1 Å². The molecular formula is C17H19N3O3S. The van der Waals surface area contributed by atoms with Crippen LogP contribution in [-0.2, 0) is 24.2 Å². The second kappa shape index (κ2) is 7.53. The molecule has 7 heteroatoms. The van der Waals surface area contributed by atoms with Gasteiger partial charge in [0, 0.05) is 17.8 Å². The third-order valence-corrected chi connectivity index (χ3v) is 4.92. The first-order chi connectivity index (χ1) is 11.7. The monoisotopic (exact) mass is 345 g/mol. The van der Waals surface area contributed by atoms with Crippen LogP contribution in [0.1, 0.15) is 23.2 Å². The molecule has 1 aromatic carbocycles. The predicted octanol–water partition coefficient (Wildman–Crippen LogP) is 1.68. The van der Waals surface area contributed by atoms with Gasteiger partial charge in [0.15, 0.2) is 0 Å². The Bertz CT molecular complexity index is 804. The lowest BCUT2D eigenvalue weighted by Crippen LogP contribution is -2.25. The molecule has 1 aliphatic carbocycles. The maximum Gasteiger partial charge on any atom is 0.346 e. The van der Waals surface area contributed by atoms with E-state index in [9.17, 15) is 9.59 Å². The highest BCUT2D eigenvalue weighted by Gasteiger charge is 2.18. The molecule has 0 saturated heterocycles. The van der Waals surface area contributed by atoms with Crippen molar-refractivity contribution < 1.29 is 9.53 Å². The number of aromatic amines is 1. The Kier molecular flexibility index (Phi) is 5.20. The van der Waals surface area contributed by atoms with E-state index in [0.717, 1.165) is 41.8 Å². The standard InChI is InChI=1S/C17H19N3O3S/c1-23-12-5-2-4-11(8-12)9-18-15(21)10-24-16-13-6-3-7-14(13)19-17(22)20-16/h2,4-5,8H,3,6-7,9-10H2,1H3,(H,18,21)(H,19,20,22). The van der Waals surface area contributed by atoms with Crippen LogP contribution in [0, 0.1) is 0 Å². The topological polar surface area (TPSA) is 84.1 Å². The molecule has 126 valence electrons. The summed E-state index contributed by atoms with van der Waals surface area (Å²) in [6.45, 7) is 0.442. The summed E-state index contributed by atoms with van der Waals surface area (Å²) >= 11 is 1.32. The van der Waals surface area contributed by atoms with Crippen molar-refractivity contribution >= 4 is 17.7 Å². The average Bonchev–Trinajstić information content (AvgIpc) is 3.06. The molecule has 1 heterocycles. The molecule has 0 fully saturated rings. The number of aromatic nitrogens is 2. The van der Waals surface area contributed by atoms with Crippen LogP contribution in [0.2, 0.25) is 0 Å². The highest BCUT2D eigenvalue weighted by atomic mass is 32.2. The second-order valence-corrected chi connectivity index (χ2v) is 6.54. The molecule has 1 aromatic heterocycles. The number of methoxy groups -OCH3 is 1. The lowest BCUT2D eigenvalue weighted by molar-refractivity contribution is -0.118. The number of hydrogen-bond donors (Lipinski definition) is 2. The Hall–Kier alpha value is -2.28. The van der Waals surface area contributed by atoms with Crippen molar-refractivity contribution in [2.24, 2.45) is 0 Å². The van der Waals surface area contributed by atoms with Crippen LogP contribution < -0.4 is 15.7 Å². The summed E-state index contributed by atoms with van der Waals surface area (Å²) in [5, 5.41) is 3.56. The number of fused-ring (bicyclic) bond motifs is 1. The summed E-state index contributed by atoms with van der Waals surface area (Å²) in [5.74, 6) is 0.920. The molecule has 1 amide bonds. The number of aryl methyl sites for hydroxylation is 1. The zero-order valence-electron chi connectivity index (χ0n) is 13.4. The Morgan fingerprint density at radius 1 is 1.42 bits per heavy atom. The Morgan fingerprint density at radius 3 is 3.12 bits per heavy atom. The van der Waals surface area contributed by atoms with Crippen LogP contribution in [0.4, 0.5) is 0 Å². The van der Waals surface area contributed by atoms with Crippen molar-refractivity contribution in [1.29, 1.82) is 0 Å². The van der Waals surface area contributed by atoms with E-state index < -0.39 is 0 Å². The number of nitrogens with one attached hydrogen (secondary N) is 2. The molecule has 1 aliphatic rings. The molecule has 0 bridgehead atoms. The van der Waals surface area contributed by atoms with Gasteiger partial charge in [-0.2, -0.15) is 4.98 Å². The maximum atomic E-state index is 12.1. The average molecular weight is 345 g/mol. The number of ether oxygens (including phenoxy) is 1. The molecule has 24 heavy (non-hydrogen) atoms. The van der Waals surface area contributed by atoms with E-state index in [1.807, 2.05) is 24.3 Å². The smallest absolute Gasteiger partial charge is 0.346 e. The number of nitrogens with zero attached hydrogens (tertiary/aromatic N) is 1. The zero-order valence-corrected chi connectivity index (χ0v) is 14.2. The lowest BCUT2D eigenvalue weighted by Gasteiger charge is -2.08. The molecule has 0 spiro atoms. The fourth-order valence-electron chi connectivity index (χ4n) is 2.72. The molecule has 0 aliphatic heterocycles. The van der Waals surface area contributed by atoms with E-state index in [1.165, 1.54) is 11.8 Å². The van der Waals surface area contributed by atoms with Gasteiger partial charge in [0.25, 0.3) is 0 Å². The van der Waals surface area contributed by atoms with Gasteiger partial charge in [-0.15, -0.1) is 0 Å². The summed E-state index contributed by atoms with van der Waals surface area (Å²) < 4.78 is 5.16. The van der Waals surface area contributed by atoms with Gasteiger partial charge >= 0.3 is 5.69 Å². The number of carbonyl (C=O) groups is 1. The van der Waals surface area contributed by atoms with Crippen molar-refractivity contribution in [3.05, 3.63) is 51.6 Å². The first kappa shape index (κ1) is 16.6. The fraction of sp³-hybridized carbons (Fsp3) is 0.353. The van der Waals surface area contributed by atoms with E-state index in [1.54, 1.807) is 7.11 Å². The molecule has 3 rings (SSSR count). The third-order valence-electron chi connectivity index (χ3n) is 3.90. The van der Waals surface area contributed by atoms with Gasteiger partial charge in [-0.3, -0.25) is 4.79 Å². The Morgan fingerprint density at radius 2 is 2.29 bits per heavy atom. The SMILES string of the molecule is COc1cccc(CNC(=O)CSc2nc(=O)[nH]c3c2CCC3)c1. The van der Waals surface area contributed by atoms with Crippen LogP contribution in [-0.4, -0.2) is 28.7 Å². The van der Waals surface area contributed by atoms with Crippen molar-refractivity contribution in [1.82, 2.24) is 15.3 Å². The molecule has 0 unspecified atom stereocenters. The molecule has 2 aromatic rings. The van der Waals surface area contributed by atoms with E-state index >= 15 is 0 Å². The number of benzene rings is 1. The number of amides is 1. The van der Waals surface area contributed by atoms with Crippen LogP contribution in [0.25, 0.3) is 0 Å². The highest BCUT2D eigenvalue weighted by molar-refractivity contribution is 7.99. The van der Waals surface area contributed by atoms with Crippen LogP contribution >= 0.6 is 11.8 Å². The van der Waals surface area contributed by atoms with Gasteiger partial charge in [0.1, 0.15) is 10.8 Å². The molecule has 2 N–H and O–H groups in total. The number of thioether (sulfide) groups is 1. The number of H-pyrrole nitrogens is 1. The van der Waals surface area contributed by atoms with Gasteiger partial charge in [-0.1, -0.05) is 23.9 Å². The molecular weight excluding hydrogens is 326 g/mol. The molecule has 0 atom stereocenters. The van der Waals surface area contributed by atoms with E-state index in [0.29, 0.717) is 11.6 Å². The lowest BCUT2D eigenvalue weighted by atomic mass is 10.2. The minimum absolute atomic E-state index is 0.0864. The van der Waals surface area contributed by atoms with Crippen molar-refractivity contribution in [3.63, 3.8) is 0 Å². The minimum Gasteiger partial charge on any atom is -0.497 e. The van der Waals surface area contributed by atoms with Gasteiger partial charge in [0.05, 0.1) is 12.9 Å². The number of rotatable bonds is 6. The van der Waals surface area contributed by atoms with E-state index in [-0.39, 0.29) is 17.3 Å². The number of carbonyl (C=O) groups excluding carboxylic acids is 1. The highest BCUT2D eigenvalue weighted by Crippen LogP contribution is 2.27. The van der Waals surface area contributed by atoms with Gasteiger partial charge in [-0.25, -0.2) is 4.79 Å². The van der Waals surface area contributed by atoms with Gasteiger partial charge in [0.2, 0.25) is 5.91 Å². The van der Waals surface area contributed by atoms with E-state index in [4.69, 9.17) is 4.74 Å². The normalized spacial score (nSPS) is 12.7. The second-order valence-electron chi connectivity index (χ2n) is 5.57. The zero-order chi connectivity index (χ0) is 16.9. The van der Waals surface area contributed by atoms with Crippen LogP contribution in [0.5, 0.6) is 5.75 Å². The summed E-state index contributed by atoms with van der Waals surface area (Å²) in [5.41, 5.74) is 2.69. The summed E-state index contributed by atoms with van der Waals surface area (Å²) in [4.78, 5) is 30.4. The number of hydrogen-bond acceptors (Lipinski definition) is 5. The Balaban J connectivity index is 1.55. The fourth-order valence-corrected chi connectivity index (χ4v) is 3.64. The van der Waals surface area contributed by atoms with Crippen molar-refractivity contribution in [2.75, 3.05) is 12.9 Å². The molecule has 0 saturated carbocycles. The van der Waals surface area contributed by atoms with E-state index in [2.05, 4.69) is 15.3 Å². The first-order valence-corrected chi connectivity index (χ1v) is 8.79. The van der Waals surface area contributed by atoms with Gasteiger partial charge in [-0.05, 0) is 37.0 Å². The van der Waals surface area contributed by atoms with Crippen molar-refractivity contribution in [3.8, 4) is 5.75 Å². The molecule has 0 radical (unpaired) electrons. The van der Waals surface area contributed by atoms with Crippen molar-refractivity contribution in [2.45, 2.75) is 30.8 Å². The minimum atomic E-state index is -0.338. The quantitative estimate of drug-likeness (QED) is 0.615. The van der Waals surface area contributed by atoms with Crippen LogP contribution in [0.3, 0.4) is 0 Å².